The first kappa shape index (κ1) is 42.5. The molecule has 8 nitrogen and oxygen atoms in total. The van der Waals surface area contributed by atoms with Crippen molar-refractivity contribution in [2.24, 2.45) is 0 Å². The van der Waals surface area contributed by atoms with Crippen molar-refractivity contribution in [2.45, 2.75) is 129 Å². The van der Waals surface area contributed by atoms with Crippen molar-refractivity contribution in [3.63, 3.8) is 0 Å². The number of rotatable bonds is 1. The minimum absolute atomic E-state index is 0.00940. The monoisotopic (exact) mass is 827 g/mol. The van der Waals surface area contributed by atoms with Crippen molar-refractivity contribution in [3.8, 4) is 0 Å². The van der Waals surface area contributed by atoms with Gasteiger partial charge in [-0.3, -0.25) is 19.7 Å². The smallest absolute Gasteiger partial charge is 0.195 e. The third-order valence-corrected chi connectivity index (χ3v) is 13.1. The summed E-state index contributed by atoms with van der Waals surface area (Å²) in [6, 6.07) is 9.58. The molecule has 3 atom stereocenters. The Hall–Kier alpha value is -4.11. The molecule has 0 N–H and O–H groups in total. The molecule has 5 aromatic rings. The van der Waals surface area contributed by atoms with Crippen LogP contribution in [0.2, 0.25) is 15.1 Å². The minimum Gasteiger partial charge on any atom is -0.618 e. The van der Waals surface area contributed by atoms with Gasteiger partial charge in [-0.2, -0.15) is 9.46 Å². The first-order chi connectivity index (χ1) is 27.3. The first-order valence-electron chi connectivity index (χ1n) is 20.2. The van der Waals surface area contributed by atoms with Crippen molar-refractivity contribution in [2.75, 3.05) is 0 Å². The zero-order chi connectivity index (χ0) is 40.8. The summed E-state index contributed by atoms with van der Waals surface area (Å²) < 4.78 is 1.98. The lowest BCUT2D eigenvalue weighted by atomic mass is 10.1. The number of halogens is 3. The standard InChI is InChI=1S/C11H12ClNO.C10H12ClN.C9H10ClN.2C8H9NO/c1-6-3-4-8-10(12)9(7(2)14)5-13-11(6)8;1-6-3-4-8-9(11)7(2)5-12-10(6)8;1-6-2-3-7-8(10)4-5-11-9(6)7;2*10-9-6-2-4-7-3-1-5-8(7)9/h5-6H,3-4H2,1-2H3;5-6H,3-4H2,1-2H3;4-6H,2-3H2,1H3;2*2,4,6H,1,3,5H2/t3*6-;;/m111../s1. The van der Waals surface area contributed by atoms with Crippen LogP contribution in [0.5, 0.6) is 0 Å². The van der Waals surface area contributed by atoms with Crippen LogP contribution in [0.15, 0.2) is 61.3 Å². The van der Waals surface area contributed by atoms with E-state index in [0.29, 0.717) is 28.3 Å². The Kier molecular flexibility index (Phi) is 14.2. The van der Waals surface area contributed by atoms with E-state index in [9.17, 15) is 15.2 Å². The van der Waals surface area contributed by atoms with Crippen molar-refractivity contribution in [1.29, 1.82) is 0 Å². The van der Waals surface area contributed by atoms with Gasteiger partial charge in [0.2, 0.25) is 0 Å². The molecule has 0 aliphatic heterocycles. The summed E-state index contributed by atoms with van der Waals surface area (Å²) in [7, 11) is 0. The summed E-state index contributed by atoms with van der Waals surface area (Å²) in [6.45, 7) is 10.1. The Morgan fingerprint density at radius 2 is 1.12 bits per heavy atom. The molecule has 300 valence electrons. The maximum atomic E-state index is 11.2. The molecule has 5 aromatic heterocycles. The summed E-state index contributed by atoms with van der Waals surface area (Å²) in [4.78, 5) is 24.3. The predicted octanol–water partition coefficient (Wildman–Crippen LogP) is 10.5. The normalized spacial score (nSPS) is 18.8. The Balaban J connectivity index is 0.000000121. The Labute approximate surface area is 351 Å². The highest BCUT2D eigenvalue weighted by Gasteiger charge is 2.26. The number of Topliss-reactive ketones (excluding diaryl/α,β-unsaturated/α-hetero) is 1. The van der Waals surface area contributed by atoms with Crippen LogP contribution in [0.4, 0.5) is 0 Å². The van der Waals surface area contributed by atoms with Gasteiger partial charge in [-0.05, 0) is 136 Å². The molecule has 10 rings (SSSR count). The molecule has 5 aliphatic rings. The molecule has 11 heteroatoms. The van der Waals surface area contributed by atoms with Gasteiger partial charge >= 0.3 is 0 Å². The second kappa shape index (κ2) is 19.1. The van der Waals surface area contributed by atoms with E-state index >= 15 is 0 Å². The van der Waals surface area contributed by atoms with Gasteiger partial charge in [0.1, 0.15) is 0 Å². The maximum Gasteiger partial charge on any atom is 0.195 e. The molecule has 0 spiro atoms. The van der Waals surface area contributed by atoms with Crippen LogP contribution in [0, 0.1) is 17.3 Å². The SMILES string of the molecule is CC(=O)c1cnc2c(c1Cl)CC[C@H]2C.C[C@@H]1CCc2c(Cl)ccnc21.Cc1cnc2c(c1Cl)CC[C@H]2C.[O-][n+]1cccc2c1CCC2.[O-][n+]1cccc2c1CCC2. The molecular weight excluding hydrogens is 777 g/mol. The highest BCUT2D eigenvalue weighted by atomic mass is 35.5. The van der Waals surface area contributed by atoms with Crippen LogP contribution in [-0.4, -0.2) is 20.7 Å². The van der Waals surface area contributed by atoms with E-state index in [2.05, 4.69) is 35.7 Å². The molecular formula is C46H52Cl3N5O3. The summed E-state index contributed by atoms with van der Waals surface area (Å²) >= 11 is 18.3. The maximum absolute atomic E-state index is 11.2. The zero-order valence-corrected chi connectivity index (χ0v) is 35.9. The Morgan fingerprint density at radius 3 is 1.61 bits per heavy atom. The molecule has 0 fully saturated rings. The molecule has 0 unspecified atom stereocenters. The highest BCUT2D eigenvalue weighted by Crippen LogP contribution is 2.38. The molecule has 57 heavy (non-hydrogen) atoms. The number of nitrogens with zero attached hydrogens (tertiary/aromatic N) is 5. The van der Waals surface area contributed by atoms with Gasteiger partial charge in [0.05, 0.1) is 15.6 Å². The average molecular weight is 829 g/mol. The fraction of sp³-hybridized carbons (Fsp3) is 0.435. The van der Waals surface area contributed by atoms with Crippen molar-refractivity contribution < 1.29 is 14.3 Å². The van der Waals surface area contributed by atoms with E-state index in [0.717, 1.165) is 112 Å². The molecule has 0 amide bonds. The van der Waals surface area contributed by atoms with Crippen LogP contribution < -0.4 is 9.46 Å². The van der Waals surface area contributed by atoms with Crippen LogP contribution in [0.3, 0.4) is 0 Å². The second-order valence-electron chi connectivity index (χ2n) is 15.8. The van der Waals surface area contributed by atoms with Gasteiger partial charge in [-0.15, -0.1) is 0 Å². The predicted molar refractivity (Wildman–Crippen MR) is 228 cm³/mol. The van der Waals surface area contributed by atoms with Crippen LogP contribution in [-0.2, 0) is 44.9 Å². The summed E-state index contributed by atoms with van der Waals surface area (Å²) in [6.07, 6.45) is 21.4. The van der Waals surface area contributed by atoms with E-state index in [4.69, 9.17) is 34.8 Å². The van der Waals surface area contributed by atoms with Crippen LogP contribution in [0.25, 0.3) is 0 Å². The fourth-order valence-corrected chi connectivity index (χ4v) is 9.29. The van der Waals surface area contributed by atoms with Crippen molar-refractivity contribution >= 4 is 40.6 Å². The van der Waals surface area contributed by atoms with E-state index < -0.39 is 0 Å². The average Bonchev–Trinajstić information content (AvgIpc) is 4.05. The lowest BCUT2D eigenvalue weighted by Crippen LogP contribution is -2.30. The highest BCUT2D eigenvalue weighted by molar-refractivity contribution is 6.34. The minimum atomic E-state index is -0.00940. The number of fused-ring (bicyclic) bond motifs is 5. The molecule has 5 aliphatic carbocycles. The number of carbonyl (C=O) groups is 1. The Morgan fingerprint density at radius 1 is 0.649 bits per heavy atom. The zero-order valence-electron chi connectivity index (χ0n) is 33.6. The van der Waals surface area contributed by atoms with E-state index in [1.54, 1.807) is 24.8 Å². The third kappa shape index (κ3) is 9.78. The molecule has 0 bridgehead atoms. The van der Waals surface area contributed by atoms with Crippen LogP contribution in [0.1, 0.15) is 150 Å². The largest absolute Gasteiger partial charge is 0.618 e. The molecule has 0 saturated heterocycles. The van der Waals surface area contributed by atoms with Crippen molar-refractivity contribution in [3.05, 3.63) is 154 Å². The van der Waals surface area contributed by atoms with Crippen molar-refractivity contribution in [1.82, 2.24) is 15.0 Å². The van der Waals surface area contributed by atoms with Gasteiger partial charge in [-0.25, -0.2) is 0 Å². The lowest BCUT2D eigenvalue weighted by Gasteiger charge is -2.07. The molecule has 0 radical (unpaired) electrons. The summed E-state index contributed by atoms with van der Waals surface area (Å²) in [5.74, 6) is 1.66. The number of hydrogen-bond acceptors (Lipinski definition) is 6. The number of pyridine rings is 5. The van der Waals surface area contributed by atoms with Gasteiger partial charge in [0, 0.05) is 76.8 Å². The quantitative estimate of drug-likeness (QED) is 0.0945. The molecule has 0 saturated carbocycles. The molecule has 5 heterocycles. The Bertz CT molecular complexity index is 2190. The number of ketones is 1. The van der Waals surface area contributed by atoms with Gasteiger partial charge in [-0.1, -0.05) is 55.6 Å². The number of aryl methyl sites for hydroxylation is 3. The van der Waals surface area contributed by atoms with E-state index in [-0.39, 0.29) is 5.78 Å². The first-order valence-corrected chi connectivity index (χ1v) is 21.3. The van der Waals surface area contributed by atoms with Gasteiger partial charge in [0.25, 0.3) is 0 Å². The molecule has 0 aromatic carbocycles. The van der Waals surface area contributed by atoms with E-state index in [1.807, 2.05) is 43.5 Å². The number of aromatic nitrogens is 5. The summed E-state index contributed by atoms with van der Waals surface area (Å²) in [5.41, 5.74) is 13.2. The second-order valence-corrected chi connectivity index (χ2v) is 17.0. The van der Waals surface area contributed by atoms with E-state index in [1.165, 1.54) is 53.4 Å². The van der Waals surface area contributed by atoms with Gasteiger partial charge in [0.15, 0.2) is 29.6 Å². The number of hydrogen-bond donors (Lipinski definition) is 0. The number of carbonyl (C=O) groups excluding carboxylic acids is 1. The fourth-order valence-electron chi connectivity index (χ4n) is 8.43. The van der Waals surface area contributed by atoms with Gasteiger partial charge < -0.3 is 10.4 Å². The van der Waals surface area contributed by atoms with Crippen LogP contribution >= 0.6 is 34.8 Å². The third-order valence-electron chi connectivity index (χ3n) is 11.8. The summed E-state index contributed by atoms with van der Waals surface area (Å²) in [5, 5.41) is 24.5. The lowest BCUT2D eigenvalue weighted by molar-refractivity contribution is -0.613. The topological polar surface area (TPSA) is 110 Å².